The summed E-state index contributed by atoms with van der Waals surface area (Å²) in [5.74, 6) is -1.17. The van der Waals surface area contributed by atoms with E-state index in [2.05, 4.69) is 10.1 Å². The van der Waals surface area contributed by atoms with Crippen LogP contribution >= 0.6 is 11.6 Å². The molecule has 43 heavy (non-hydrogen) atoms. The molecule has 0 spiro atoms. The molecule has 5 rings (SSSR count). The first kappa shape index (κ1) is 30.1. The molecule has 1 aliphatic heterocycles. The fraction of sp³-hybridized carbons (Fsp3) is 0.333. The number of nitrogens with zero attached hydrogens (tertiary/aromatic N) is 1. The van der Waals surface area contributed by atoms with Gasteiger partial charge in [-0.1, -0.05) is 23.7 Å². The van der Waals surface area contributed by atoms with Crippen LogP contribution in [0.2, 0.25) is 5.02 Å². The summed E-state index contributed by atoms with van der Waals surface area (Å²) >= 11 is 6.19. The summed E-state index contributed by atoms with van der Waals surface area (Å²) < 4.78 is 59.7. The van der Waals surface area contributed by atoms with Crippen LogP contribution < -0.4 is 29.2 Å². The highest BCUT2D eigenvalue weighted by Crippen LogP contribution is 2.41. The molecule has 1 heterocycles. The second-order valence-corrected chi connectivity index (χ2v) is 10.6. The zero-order valence-electron chi connectivity index (χ0n) is 23.1. The normalized spacial score (nSPS) is 18.0. The van der Waals surface area contributed by atoms with E-state index in [-0.39, 0.29) is 19.1 Å². The lowest BCUT2D eigenvalue weighted by molar-refractivity contribution is -0.274. The summed E-state index contributed by atoms with van der Waals surface area (Å²) in [4.78, 5) is 26.8. The molecule has 3 atom stereocenters. The summed E-state index contributed by atoms with van der Waals surface area (Å²) in [5, 5.41) is 12.8. The van der Waals surface area contributed by atoms with Crippen molar-refractivity contribution in [3.63, 3.8) is 0 Å². The van der Waals surface area contributed by atoms with E-state index in [0.717, 1.165) is 0 Å². The van der Waals surface area contributed by atoms with Crippen LogP contribution in [0.3, 0.4) is 0 Å². The third kappa shape index (κ3) is 7.02. The van der Waals surface area contributed by atoms with E-state index >= 15 is 0 Å². The highest BCUT2D eigenvalue weighted by molar-refractivity contribution is 6.30. The zero-order valence-corrected chi connectivity index (χ0v) is 23.9. The molecule has 13 heteroatoms. The molecular weight excluding hydrogens is 593 g/mol. The van der Waals surface area contributed by atoms with Gasteiger partial charge in [-0.25, -0.2) is 0 Å². The van der Waals surface area contributed by atoms with Crippen molar-refractivity contribution in [2.45, 2.75) is 25.2 Å². The van der Waals surface area contributed by atoms with E-state index in [1.165, 1.54) is 37.3 Å². The van der Waals surface area contributed by atoms with Gasteiger partial charge in [0.15, 0.2) is 0 Å². The number of hydrogen-bond donors (Lipinski definition) is 2. The highest BCUT2D eigenvalue weighted by atomic mass is 35.5. The minimum atomic E-state index is -4.89. The number of halogens is 4. The summed E-state index contributed by atoms with van der Waals surface area (Å²) in [7, 11) is 2.90. The molecule has 1 unspecified atom stereocenters. The van der Waals surface area contributed by atoms with Gasteiger partial charge in [-0.3, -0.25) is 9.59 Å². The van der Waals surface area contributed by atoms with Crippen LogP contribution in [0.25, 0.3) is 0 Å². The van der Waals surface area contributed by atoms with Crippen LogP contribution in [0.5, 0.6) is 23.0 Å². The average Bonchev–Trinajstić information content (AvgIpc) is 3.64. The van der Waals surface area contributed by atoms with E-state index in [9.17, 15) is 27.9 Å². The number of hydrogen-bond acceptors (Lipinski definition) is 7. The summed E-state index contributed by atoms with van der Waals surface area (Å²) in [6.45, 7) is 0.431. The number of nitrogens with one attached hydrogen (secondary N) is 1. The van der Waals surface area contributed by atoms with Crippen molar-refractivity contribution in [3.8, 4) is 23.0 Å². The maximum atomic E-state index is 14.2. The van der Waals surface area contributed by atoms with Gasteiger partial charge in [-0.2, -0.15) is 0 Å². The van der Waals surface area contributed by atoms with Crippen LogP contribution in [0.1, 0.15) is 23.6 Å². The van der Waals surface area contributed by atoms with Gasteiger partial charge in [0.1, 0.15) is 29.0 Å². The van der Waals surface area contributed by atoms with Gasteiger partial charge in [-0.15, -0.1) is 13.2 Å². The Labute approximate surface area is 250 Å². The molecule has 1 amide bonds. The number of carboxylic acid groups (broad SMARTS) is 1. The number of methoxy groups -OCH3 is 2. The van der Waals surface area contributed by atoms with E-state index in [1.807, 2.05) is 0 Å². The Morgan fingerprint density at radius 1 is 1.05 bits per heavy atom. The van der Waals surface area contributed by atoms with Gasteiger partial charge in [0.25, 0.3) is 5.91 Å². The SMILES string of the molecule is COc1cc(NC(C(=O)N2CCc3ccc(OC(F)(F)F)cc32)c2ccc(Cl)cc2OC)cc(OC[C@@H]2C[C@H]2C(=O)O)c1. The maximum Gasteiger partial charge on any atom is 0.573 e. The predicted molar refractivity (Wildman–Crippen MR) is 151 cm³/mol. The molecule has 228 valence electrons. The summed E-state index contributed by atoms with van der Waals surface area (Å²) in [6.07, 6.45) is -3.92. The Balaban J connectivity index is 1.47. The van der Waals surface area contributed by atoms with E-state index in [0.29, 0.717) is 57.6 Å². The van der Waals surface area contributed by atoms with Crippen LogP contribution in [0.4, 0.5) is 24.5 Å². The van der Waals surface area contributed by atoms with Crippen LogP contribution in [0.15, 0.2) is 54.6 Å². The molecule has 1 aliphatic carbocycles. The minimum absolute atomic E-state index is 0.103. The van der Waals surface area contributed by atoms with Gasteiger partial charge >= 0.3 is 12.3 Å². The van der Waals surface area contributed by atoms with Crippen molar-refractivity contribution in [2.75, 3.05) is 37.6 Å². The maximum absolute atomic E-state index is 14.2. The second kappa shape index (κ2) is 12.1. The first-order chi connectivity index (χ1) is 20.5. The Bertz CT molecular complexity index is 1530. The zero-order chi connectivity index (χ0) is 30.9. The monoisotopic (exact) mass is 620 g/mol. The molecule has 2 aliphatic rings. The molecule has 0 radical (unpaired) electrons. The predicted octanol–water partition coefficient (Wildman–Crippen LogP) is 6.10. The van der Waals surface area contributed by atoms with Gasteiger partial charge in [0, 0.05) is 53.0 Å². The van der Waals surface area contributed by atoms with Crippen molar-refractivity contribution in [2.24, 2.45) is 11.8 Å². The van der Waals surface area contributed by atoms with E-state index in [4.69, 9.17) is 25.8 Å². The minimum Gasteiger partial charge on any atom is -0.497 e. The lowest BCUT2D eigenvalue weighted by Gasteiger charge is -2.27. The first-order valence-electron chi connectivity index (χ1n) is 13.3. The molecule has 1 fully saturated rings. The van der Waals surface area contributed by atoms with Crippen molar-refractivity contribution >= 4 is 34.9 Å². The Morgan fingerprint density at radius 2 is 1.81 bits per heavy atom. The molecule has 3 aromatic carbocycles. The standard InChI is InChI=1S/C30H28ClF3N2O7/c1-40-21-11-19(12-22(13-21)42-15-17-9-24(17)29(38)39)35-27(23-6-4-18(31)10-26(23)41-2)28(37)36-8-7-16-3-5-20(14-25(16)36)43-30(32,33)34/h3-6,10-14,17,24,27,35H,7-9,15H2,1-2H3,(H,38,39)/t17-,24+,27?/m0/s1. The number of alkyl halides is 3. The van der Waals surface area contributed by atoms with Crippen LogP contribution in [-0.2, 0) is 16.0 Å². The van der Waals surface area contributed by atoms with Crippen LogP contribution in [-0.4, -0.2) is 50.7 Å². The molecule has 0 saturated heterocycles. The largest absolute Gasteiger partial charge is 0.573 e. The average molecular weight is 621 g/mol. The Morgan fingerprint density at radius 3 is 2.49 bits per heavy atom. The van der Waals surface area contributed by atoms with Gasteiger partial charge < -0.3 is 34.3 Å². The molecule has 2 N–H and O–H groups in total. The number of carbonyl (C=O) groups is 2. The summed E-state index contributed by atoms with van der Waals surface area (Å²) in [5.41, 5.74) is 1.87. The Kier molecular flexibility index (Phi) is 8.50. The number of ether oxygens (including phenoxy) is 4. The molecular formula is C30H28ClF3N2O7. The van der Waals surface area contributed by atoms with E-state index in [1.54, 1.807) is 36.4 Å². The molecule has 1 saturated carbocycles. The van der Waals surface area contributed by atoms with Crippen molar-refractivity contribution in [1.29, 1.82) is 0 Å². The number of aliphatic carboxylic acids is 1. The number of rotatable bonds is 11. The molecule has 0 bridgehead atoms. The number of benzene rings is 3. The summed E-state index contributed by atoms with van der Waals surface area (Å²) in [6, 6.07) is 12.6. The van der Waals surface area contributed by atoms with Crippen molar-refractivity contribution < 1.29 is 46.8 Å². The topological polar surface area (TPSA) is 107 Å². The lowest BCUT2D eigenvalue weighted by atomic mass is 10.0. The van der Waals surface area contributed by atoms with Crippen molar-refractivity contribution in [1.82, 2.24) is 0 Å². The molecule has 9 nitrogen and oxygen atoms in total. The van der Waals surface area contributed by atoms with Crippen molar-refractivity contribution in [3.05, 3.63) is 70.7 Å². The number of fused-ring (bicyclic) bond motifs is 1. The third-order valence-corrected chi connectivity index (χ3v) is 7.57. The molecule has 0 aromatic heterocycles. The van der Waals surface area contributed by atoms with Gasteiger partial charge in [0.2, 0.25) is 0 Å². The fourth-order valence-corrected chi connectivity index (χ4v) is 5.26. The quantitative estimate of drug-likeness (QED) is 0.265. The first-order valence-corrected chi connectivity index (χ1v) is 13.7. The number of carbonyl (C=O) groups excluding carboxylic acids is 1. The Hall–Kier alpha value is -4.32. The highest BCUT2D eigenvalue weighted by Gasteiger charge is 2.43. The number of carboxylic acids is 1. The third-order valence-electron chi connectivity index (χ3n) is 7.34. The lowest BCUT2D eigenvalue weighted by Crippen LogP contribution is -2.37. The van der Waals surface area contributed by atoms with Gasteiger partial charge in [-0.05, 0) is 36.6 Å². The van der Waals surface area contributed by atoms with Gasteiger partial charge in [0.05, 0.1) is 32.4 Å². The van der Waals surface area contributed by atoms with E-state index < -0.39 is 35.9 Å². The number of anilines is 2. The molecule has 3 aromatic rings. The second-order valence-electron chi connectivity index (χ2n) is 10.2. The van der Waals surface area contributed by atoms with Crippen LogP contribution in [0, 0.1) is 11.8 Å². The fourth-order valence-electron chi connectivity index (χ4n) is 5.10. The number of amides is 1. The smallest absolute Gasteiger partial charge is 0.497 e.